The fourth-order valence-corrected chi connectivity index (χ4v) is 5.77. The number of nitrogens with one attached hydrogen (secondary N) is 2. The zero-order valence-electron chi connectivity index (χ0n) is 17.3. The highest BCUT2D eigenvalue weighted by Crippen LogP contribution is 2.29. The molecule has 0 bridgehead atoms. The molecule has 0 radical (unpaired) electrons. The van der Waals surface area contributed by atoms with Gasteiger partial charge in [-0.1, -0.05) is 31.4 Å². The number of nitrogens with zero attached hydrogens (tertiary/aromatic N) is 1. The minimum absolute atomic E-state index is 0.0691. The Hall–Kier alpha value is -1.93. The maximum atomic E-state index is 12.9. The monoisotopic (exact) mass is 433 g/mol. The standard InChI is InChI=1S/C22H31N3O4S/c26-21(20-7-4-14-25(20)22(27)17-5-2-1-3-6-17)23-15-16-8-12-19(13-9-16)30(28,29)24-18-10-11-18/h8-9,12-13,17-18,20,24H,1-7,10-11,14-15H2,(H,23,26). The minimum Gasteiger partial charge on any atom is -0.350 e. The van der Waals surface area contributed by atoms with Crippen molar-refractivity contribution in [2.24, 2.45) is 5.92 Å². The van der Waals surface area contributed by atoms with E-state index in [1.54, 1.807) is 29.2 Å². The summed E-state index contributed by atoms with van der Waals surface area (Å²) in [6.07, 6.45) is 8.63. The molecule has 2 amide bonds. The fourth-order valence-electron chi connectivity index (χ4n) is 4.47. The second kappa shape index (κ2) is 9.06. The molecule has 30 heavy (non-hydrogen) atoms. The van der Waals surface area contributed by atoms with Gasteiger partial charge in [0.1, 0.15) is 6.04 Å². The predicted molar refractivity (Wildman–Crippen MR) is 113 cm³/mol. The van der Waals surface area contributed by atoms with Gasteiger partial charge < -0.3 is 10.2 Å². The van der Waals surface area contributed by atoms with Crippen molar-refractivity contribution in [1.29, 1.82) is 0 Å². The molecule has 2 aliphatic carbocycles. The van der Waals surface area contributed by atoms with E-state index in [1.165, 1.54) is 6.42 Å². The lowest BCUT2D eigenvalue weighted by Gasteiger charge is -2.30. The van der Waals surface area contributed by atoms with Crippen LogP contribution in [0.4, 0.5) is 0 Å². The van der Waals surface area contributed by atoms with Gasteiger partial charge >= 0.3 is 0 Å². The first-order chi connectivity index (χ1) is 14.4. The van der Waals surface area contributed by atoms with Crippen molar-refractivity contribution in [3.05, 3.63) is 29.8 Å². The highest BCUT2D eigenvalue weighted by molar-refractivity contribution is 7.89. The third-order valence-corrected chi connectivity index (χ3v) is 7.93. The summed E-state index contributed by atoms with van der Waals surface area (Å²) < 4.78 is 27.2. The second-order valence-corrected chi connectivity index (χ2v) is 10.5. The first kappa shape index (κ1) is 21.3. The van der Waals surface area contributed by atoms with Crippen molar-refractivity contribution in [1.82, 2.24) is 14.9 Å². The highest BCUT2D eigenvalue weighted by atomic mass is 32.2. The van der Waals surface area contributed by atoms with Crippen LogP contribution in [0.3, 0.4) is 0 Å². The fraction of sp³-hybridized carbons (Fsp3) is 0.636. The van der Waals surface area contributed by atoms with E-state index in [2.05, 4.69) is 10.0 Å². The summed E-state index contributed by atoms with van der Waals surface area (Å²) in [5, 5.41) is 2.93. The van der Waals surface area contributed by atoms with Crippen LogP contribution in [0.5, 0.6) is 0 Å². The van der Waals surface area contributed by atoms with Gasteiger partial charge in [0.15, 0.2) is 0 Å². The smallest absolute Gasteiger partial charge is 0.243 e. The highest BCUT2D eigenvalue weighted by Gasteiger charge is 2.37. The number of carbonyl (C=O) groups excluding carboxylic acids is 2. The molecular formula is C22H31N3O4S. The van der Waals surface area contributed by atoms with E-state index in [-0.39, 0.29) is 34.7 Å². The number of carbonyl (C=O) groups is 2. The van der Waals surface area contributed by atoms with Crippen molar-refractivity contribution >= 4 is 21.8 Å². The Kier molecular flexibility index (Phi) is 6.43. The minimum atomic E-state index is -3.47. The zero-order valence-corrected chi connectivity index (χ0v) is 18.1. The first-order valence-electron chi connectivity index (χ1n) is 11.1. The molecule has 1 aromatic rings. The number of amides is 2. The average Bonchev–Trinajstić information content (AvgIpc) is 3.42. The molecule has 0 spiro atoms. The number of likely N-dealkylation sites (tertiary alicyclic amines) is 1. The molecule has 1 aliphatic heterocycles. The molecule has 1 saturated heterocycles. The van der Waals surface area contributed by atoms with Gasteiger partial charge in [-0.05, 0) is 56.2 Å². The first-order valence-corrected chi connectivity index (χ1v) is 12.6. The molecule has 1 unspecified atom stereocenters. The van der Waals surface area contributed by atoms with Crippen LogP contribution in [-0.2, 0) is 26.2 Å². The Labute approximate surface area is 178 Å². The third-order valence-electron chi connectivity index (χ3n) is 6.39. The van der Waals surface area contributed by atoms with E-state index in [0.717, 1.165) is 50.5 Å². The van der Waals surface area contributed by atoms with Crippen LogP contribution in [0.15, 0.2) is 29.2 Å². The predicted octanol–water partition coefficient (Wildman–Crippen LogP) is 2.31. The summed E-state index contributed by atoms with van der Waals surface area (Å²) in [6.45, 7) is 0.977. The number of benzene rings is 1. The lowest BCUT2D eigenvalue weighted by atomic mass is 9.88. The van der Waals surface area contributed by atoms with E-state index < -0.39 is 10.0 Å². The summed E-state index contributed by atoms with van der Waals surface area (Å²) in [4.78, 5) is 27.7. The maximum absolute atomic E-state index is 12.9. The summed E-state index contributed by atoms with van der Waals surface area (Å²) in [6, 6.07) is 6.27. The summed E-state index contributed by atoms with van der Waals surface area (Å²) >= 11 is 0. The largest absolute Gasteiger partial charge is 0.350 e. The van der Waals surface area contributed by atoms with Crippen molar-refractivity contribution in [2.75, 3.05) is 6.54 Å². The quantitative estimate of drug-likeness (QED) is 0.690. The van der Waals surface area contributed by atoms with Crippen molar-refractivity contribution in [3.63, 3.8) is 0 Å². The van der Waals surface area contributed by atoms with Gasteiger partial charge in [0.05, 0.1) is 4.90 Å². The molecule has 3 aliphatic rings. The average molecular weight is 434 g/mol. The molecule has 3 fully saturated rings. The maximum Gasteiger partial charge on any atom is 0.243 e. The normalized spacial score (nSPS) is 22.8. The van der Waals surface area contributed by atoms with E-state index in [1.807, 2.05) is 0 Å². The zero-order chi connectivity index (χ0) is 21.1. The van der Waals surface area contributed by atoms with Gasteiger partial charge in [-0.25, -0.2) is 13.1 Å². The molecule has 7 nitrogen and oxygen atoms in total. The van der Waals surface area contributed by atoms with Crippen LogP contribution < -0.4 is 10.0 Å². The van der Waals surface area contributed by atoms with Crippen LogP contribution in [0.2, 0.25) is 0 Å². The van der Waals surface area contributed by atoms with Crippen LogP contribution >= 0.6 is 0 Å². The van der Waals surface area contributed by atoms with Crippen LogP contribution in [0.1, 0.15) is 63.4 Å². The van der Waals surface area contributed by atoms with Gasteiger partial charge in [0.2, 0.25) is 21.8 Å². The van der Waals surface area contributed by atoms with E-state index in [4.69, 9.17) is 0 Å². The molecule has 0 aromatic heterocycles. The number of hydrogen-bond acceptors (Lipinski definition) is 4. The molecule has 2 saturated carbocycles. The Balaban J connectivity index is 1.31. The Morgan fingerprint density at radius 1 is 0.933 bits per heavy atom. The summed E-state index contributed by atoms with van der Waals surface area (Å²) in [7, 11) is -3.47. The molecule has 164 valence electrons. The van der Waals surface area contributed by atoms with Gasteiger partial charge in [0.25, 0.3) is 0 Å². The molecule has 8 heteroatoms. The van der Waals surface area contributed by atoms with E-state index >= 15 is 0 Å². The Bertz CT molecular complexity index is 874. The van der Waals surface area contributed by atoms with Gasteiger partial charge in [-0.2, -0.15) is 0 Å². The molecule has 2 N–H and O–H groups in total. The van der Waals surface area contributed by atoms with Crippen molar-refractivity contribution < 1.29 is 18.0 Å². The van der Waals surface area contributed by atoms with E-state index in [9.17, 15) is 18.0 Å². The van der Waals surface area contributed by atoms with Crippen LogP contribution in [0, 0.1) is 5.92 Å². The number of hydrogen-bond donors (Lipinski definition) is 2. The molecule has 1 atom stereocenters. The van der Waals surface area contributed by atoms with Gasteiger partial charge in [-0.15, -0.1) is 0 Å². The molecule has 1 aromatic carbocycles. The van der Waals surface area contributed by atoms with Gasteiger partial charge in [-0.3, -0.25) is 9.59 Å². The van der Waals surface area contributed by atoms with Crippen molar-refractivity contribution in [2.45, 2.75) is 81.3 Å². The number of sulfonamides is 1. The topological polar surface area (TPSA) is 95.6 Å². The summed E-state index contributed by atoms with van der Waals surface area (Å²) in [5.74, 6) is 0.0970. The lowest BCUT2D eigenvalue weighted by molar-refractivity contribution is -0.142. The summed E-state index contributed by atoms with van der Waals surface area (Å²) in [5.41, 5.74) is 0.830. The SMILES string of the molecule is O=C(NCc1ccc(S(=O)(=O)NC2CC2)cc1)C1CCCN1C(=O)C1CCCCC1. The van der Waals surface area contributed by atoms with Crippen molar-refractivity contribution in [3.8, 4) is 0 Å². The van der Waals surface area contributed by atoms with Crippen LogP contribution in [-0.4, -0.2) is 43.8 Å². The van der Waals surface area contributed by atoms with Crippen LogP contribution in [0.25, 0.3) is 0 Å². The molecule has 4 rings (SSSR count). The third kappa shape index (κ3) is 5.03. The Morgan fingerprint density at radius 2 is 1.63 bits per heavy atom. The molecule has 1 heterocycles. The van der Waals surface area contributed by atoms with Gasteiger partial charge in [0, 0.05) is 25.0 Å². The number of rotatable bonds is 7. The lowest BCUT2D eigenvalue weighted by Crippen LogP contribution is -2.47. The molecular weight excluding hydrogens is 402 g/mol. The Morgan fingerprint density at radius 3 is 2.30 bits per heavy atom. The second-order valence-electron chi connectivity index (χ2n) is 8.78. The van der Waals surface area contributed by atoms with E-state index in [0.29, 0.717) is 19.5 Å².